The third kappa shape index (κ3) is 3.61. The number of hydrogen-bond acceptors (Lipinski definition) is 6. The first-order chi connectivity index (χ1) is 14.6. The van der Waals surface area contributed by atoms with Crippen molar-refractivity contribution in [1.29, 1.82) is 0 Å². The largest absolute Gasteiger partial charge is 0.334 e. The summed E-state index contributed by atoms with van der Waals surface area (Å²) in [5.74, 6) is 1.34. The van der Waals surface area contributed by atoms with E-state index in [1.807, 2.05) is 49.1 Å². The molecule has 1 amide bonds. The van der Waals surface area contributed by atoms with Crippen molar-refractivity contribution in [3.05, 3.63) is 74.7 Å². The molecule has 0 saturated carbocycles. The summed E-state index contributed by atoms with van der Waals surface area (Å²) < 4.78 is 1.76. The maximum absolute atomic E-state index is 13.3. The van der Waals surface area contributed by atoms with Crippen LogP contribution < -0.4 is 0 Å². The summed E-state index contributed by atoms with van der Waals surface area (Å²) in [4.78, 5) is 25.6. The summed E-state index contributed by atoms with van der Waals surface area (Å²) in [6, 6.07) is 12.0. The number of fused-ring (bicyclic) bond motifs is 2. The van der Waals surface area contributed by atoms with Crippen LogP contribution in [-0.2, 0) is 18.7 Å². The van der Waals surface area contributed by atoms with Crippen LogP contribution in [0.25, 0.3) is 5.78 Å². The normalized spacial score (nSPS) is 13.6. The highest BCUT2D eigenvalue weighted by Crippen LogP contribution is 2.27. The lowest BCUT2D eigenvalue weighted by atomic mass is 10.0. The topological polar surface area (TPSA) is 63.4 Å². The van der Waals surface area contributed by atoms with Gasteiger partial charge in [0.2, 0.25) is 5.16 Å². The molecule has 0 aliphatic carbocycles. The molecule has 0 unspecified atom stereocenters. The zero-order chi connectivity index (χ0) is 20.7. The Kier molecular flexibility index (Phi) is 5.04. The van der Waals surface area contributed by atoms with Crippen molar-refractivity contribution in [2.45, 2.75) is 37.7 Å². The zero-order valence-electron chi connectivity index (χ0n) is 16.8. The van der Waals surface area contributed by atoms with E-state index in [4.69, 9.17) is 0 Å². The molecule has 1 aliphatic rings. The Morgan fingerprint density at radius 3 is 2.97 bits per heavy atom. The zero-order valence-corrected chi connectivity index (χ0v) is 18.5. The van der Waals surface area contributed by atoms with Crippen LogP contribution in [0.1, 0.15) is 37.7 Å². The van der Waals surface area contributed by atoms with Gasteiger partial charge in [-0.25, -0.2) is 9.50 Å². The van der Waals surface area contributed by atoms with Crippen LogP contribution in [-0.4, -0.2) is 36.9 Å². The molecule has 0 radical (unpaired) electrons. The molecule has 152 valence electrons. The van der Waals surface area contributed by atoms with Gasteiger partial charge in [0.15, 0.2) is 0 Å². The van der Waals surface area contributed by atoms with E-state index >= 15 is 0 Å². The summed E-state index contributed by atoms with van der Waals surface area (Å²) in [6.07, 6.45) is 0.937. The van der Waals surface area contributed by atoms with Crippen LogP contribution in [0.3, 0.4) is 0 Å². The third-order valence-electron chi connectivity index (χ3n) is 5.30. The minimum atomic E-state index is 0.0964. The molecule has 0 fully saturated rings. The SMILES string of the molecule is Cc1cc(C)n2nc(SCc3ccccc3C(=O)N3CCc4sccc4C3)nc2n1. The third-order valence-corrected chi connectivity index (χ3v) is 7.21. The Hall–Kier alpha value is -2.71. The molecule has 0 spiro atoms. The van der Waals surface area contributed by atoms with Gasteiger partial charge in [0.05, 0.1) is 0 Å². The molecular weight excluding hydrogens is 414 g/mol. The second kappa shape index (κ2) is 7.85. The minimum Gasteiger partial charge on any atom is -0.334 e. The van der Waals surface area contributed by atoms with Crippen LogP contribution in [0, 0.1) is 13.8 Å². The van der Waals surface area contributed by atoms with Crippen LogP contribution in [0.2, 0.25) is 0 Å². The van der Waals surface area contributed by atoms with Crippen LogP contribution in [0.15, 0.2) is 46.9 Å². The van der Waals surface area contributed by atoms with Gasteiger partial charge in [-0.2, -0.15) is 4.98 Å². The fourth-order valence-electron chi connectivity index (χ4n) is 3.80. The molecule has 5 rings (SSSR count). The fraction of sp³-hybridized carbons (Fsp3) is 0.273. The summed E-state index contributed by atoms with van der Waals surface area (Å²) in [5.41, 5.74) is 4.97. The Labute approximate surface area is 183 Å². The minimum absolute atomic E-state index is 0.0964. The first-order valence-corrected chi connectivity index (χ1v) is 11.7. The summed E-state index contributed by atoms with van der Waals surface area (Å²) in [7, 11) is 0. The molecule has 0 bridgehead atoms. The molecule has 1 aliphatic heterocycles. The van der Waals surface area contributed by atoms with Gasteiger partial charge in [0, 0.05) is 40.7 Å². The lowest BCUT2D eigenvalue weighted by molar-refractivity contribution is 0.0735. The molecule has 30 heavy (non-hydrogen) atoms. The maximum atomic E-state index is 13.3. The smallest absolute Gasteiger partial charge is 0.254 e. The molecule has 0 atom stereocenters. The van der Waals surface area contributed by atoms with Crippen molar-refractivity contribution >= 4 is 34.8 Å². The lowest BCUT2D eigenvalue weighted by Crippen LogP contribution is -2.35. The number of benzene rings is 1. The monoisotopic (exact) mass is 435 g/mol. The number of thiophene rings is 1. The molecular formula is C22H21N5OS2. The second-order valence-electron chi connectivity index (χ2n) is 7.44. The number of aryl methyl sites for hydroxylation is 2. The predicted octanol–water partition coefficient (Wildman–Crippen LogP) is 4.29. The van der Waals surface area contributed by atoms with E-state index in [1.54, 1.807) is 15.9 Å². The molecule has 6 nitrogen and oxygen atoms in total. The first-order valence-electron chi connectivity index (χ1n) is 9.85. The van der Waals surface area contributed by atoms with Gasteiger partial charge >= 0.3 is 0 Å². The van der Waals surface area contributed by atoms with Crippen LogP contribution in [0.4, 0.5) is 0 Å². The van der Waals surface area contributed by atoms with Crippen molar-refractivity contribution in [2.75, 3.05) is 6.54 Å². The van der Waals surface area contributed by atoms with E-state index in [2.05, 4.69) is 26.5 Å². The summed E-state index contributed by atoms with van der Waals surface area (Å²) >= 11 is 3.31. The average Bonchev–Trinajstić information content (AvgIpc) is 3.38. The summed E-state index contributed by atoms with van der Waals surface area (Å²) in [6.45, 7) is 5.41. The van der Waals surface area contributed by atoms with Gasteiger partial charge in [-0.3, -0.25) is 4.79 Å². The Morgan fingerprint density at radius 1 is 1.20 bits per heavy atom. The number of aromatic nitrogens is 4. The summed E-state index contributed by atoms with van der Waals surface area (Å²) in [5, 5.41) is 7.34. The van der Waals surface area contributed by atoms with Gasteiger partial charge in [0.1, 0.15) is 0 Å². The van der Waals surface area contributed by atoms with Crippen molar-refractivity contribution in [2.24, 2.45) is 0 Å². The van der Waals surface area contributed by atoms with Crippen molar-refractivity contribution in [1.82, 2.24) is 24.5 Å². The van der Waals surface area contributed by atoms with E-state index in [0.717, 1.165) is 35.5 Å². The van der Waals surface area contributed by atoms with Crippen LogP contribution in [0.5, 0.6) is 0 Å². The maximum Gasteiger partial charge on any atom is 0.254 e. The highest BCUT2D eigenvalue weighted by Gasteiger charge is 2.24. The predicted molar refractivity (Wildman–Crippen MR) is 119 cm³/mol. The Morgan fingerprint density at radius 2 is 2.07 bits per heavy atom. The van der Waals surface area contributed by atoms with Crippen molar-refractivity contribution < 1.29 is 4.79 Å². The molecule has 4 heterocycles. The quantitative estimate of drug-likeness (QED) is 0.448. The number of carbonyl (C=O) groups is 1. The Bertz CT molecular complexity index is 1250. The van der Waals surface area contributed by atoms with E-state index in [9.17, 15) is 4.79 Å². The van der Waals surface area contributed by atoms with Crippen molar-refractivity contribution in [3.63, 3.8) is 0 Å². The molecule has 0 N–H and O–H groups in total. The van der Waals surface area contributed by atoms with Gasteiger partial charge in [-0.05, 0) is 55.0 Å². The first kappa shape index (κ1) is 19.3. The highest BCUT2D eigenvalue weighted by molar-refractivity contribution is 7.98. The van der Waals surface area contributed by atoms with Crippen molar-refractivity contribution in [3.8, 4) is 0 Å². The number of hydrogen-bond donors (Lipinski definition) is 0. The van der Waals surface area contributed by atoms with Gasteiger partial charge in [-0.15, -0.1) is 16.4 Å². The number of rotatable bonds is 4. The highest BCUT2D eigenvalue weighted by atomic mass is 32.2. The molecule has 0 saturated heterocycles. The van der Waals surface area contributed by atoms with Gasteiger partial charge < -0.3 is 4.90 Å². The van der Waals surface area contributed by atoms with E-state index < -0.39 is 0 Å². The standard InChI is InChI=1S/C22H21N5OS2/c1-14-11-15(2)27-21(23-14)24-22(25-27)30-13-17-5-3-4-6-18(17)20(28)26-9-7-19-16(12-26)8-10-29-19/h3-6,8,10-11H,7,9,12-13H2,1-2H3. The number of nitrogens with zero attached hydrogens (tertiary/aromatic N) is 5. The van der Waals surface area contributed by atoms with Gasteiger partial charge in [0.25, 0.3) is 11.7 Å². The van der Waals surface area contributed by atoms with E-state index in [-0.39, 0.29) is 5.91 Å². The molecule has 3 aromatic heterocycles. The Balaban J connectivity index is 1.35. The molecule has 8 heteroatoms. The second-order valence-corrected chi connectivity index (χ2v) is 9.38. The van der Waals surface area contributed by atoms with E-state index in [0.29, 0.717) is 23.2 Å². The van der Waals surface area contributed by atoms with Gasteiger partial charge in [-0.1, -0.05) is 30.0 Å². The number of carbonyl (C=O) groups excluding carboxylic acids is 1. The lowest BCUT2D eigenvalue weighted by Gasteiger charge is -2.27. The number of thioether (sulfide) groups is 1. The number of amides is 1. The molecule has 4 aromatic rings. The molecule has 1 aromatic carbocycles. The fourth-order valence-corrected chi connectivity index (χ4v) is 5.51. The average molecular weight is 436 g/mol. The van der Waals surface area contributed by atoms with E-state index in [1.165, 1.54) is 22.2 Å². The van der Waals surface area contributed by atoms with Crippen LogP contribution >= 0.6 is 23.1 Å².